The van der Waals surface area contributed by atoms with Gasteiger partial charge in [-0.3, -0.25) is 9.59 Å². The van der Waals surface area contributed by atoms with E-state index in [0.29, 0.717) is 24.6 Å². The fraction of sp³-hybridized carbons (Fsp3) is 0.600. The number of carbonyl (C=O) groups is 2. The molecule has 1 aliphatic carbocycles. The molecule has 1 aromatic carbocycles. The summed E-state index contributed by atoms with van der Waals surface area (Å²) in [6, 6.07) is 3.25. The number of fused-ring (bicyclic) bond motifs is 4. The summed E-state index contributed by atoms with van der Waals surface area (Å²) in [7, 11) is 0. The largest absolute Gasteiger partial charge is 0.340 e. The predicted octanol–water partition coefficient (Wildman–Crippen LogP) is 2.76. The van der Waals surface area contributed by atoms with Gasteiger partial charge < -0.3 is 9.80 Å². The van der Waals surface area contributed by atoms with Crippen molar-refractivity contribution in [3.05, 3.63) is 35.4 Å². The number of carbonyl (C=O) groups excluding carboxylic acids is 2. The summed E-state index contributed by atoms with van der Waals surface area (Å²) in [6.45, 7) is 1.95. The highest BCUT2D eigenvalue weighted by Crippen LogP contribution is 2.33. The summed E-state index contributed by atoms with van der Waals surface area (Å²) in [5.74, 6) is -0.722. The number of hydrogen-bond acceptors (Lipinski definition) is 2. The van der Waals surface area contributed by atoms with Crippen molar-refractivity contribution in [1.29, 1.82) is 0 Å². The summed E-state index contributed by atoms with van der Waals surface area (Å²) >= 11 is 0. The molecule has 0 N–H and O–H groups in total. The van der Waals surface area contributed by atoms with E-state index in [4.69, 9.17) is 0 Å². The molecule has 3 aliphatic heterocycles. The van der Waals surface area contributed by atoms with Crippen molar-refractivity contribution in [2.75, 3.05) is 19.6 Å². The third-order valence-electron chi connectivity index (χ3n) is 6.08. The zero-order chi connectivity index (χ0) is 18.3. The van der Waals surface area contributed by atoms with Gasteiger partial charge >= 0.3 is 0 Å². The third-order valence-corrected chi connectivity index (χ3v) is 6.08. The lowest BCUT2D eigenvalue weighted by atomic mass is 9.84. The van der Waals surface area contributed by atoms with Gasteiger partial charge in [0, 0.05) is 37.7 Å². The van der Waals surface area contributed by atoms with E-state index < -0.39 is 11.6 Å². The van der Waals surface area contributed by atoms with Gasteiger partial charge in [-0.25, -0.2) is 8.78 Å². The number of rotatable bonds is 3. The maximum Gasteiger partial charge on any atom is 0.227 e. The fourth-order valence-electron chi connectivity index (χ4n) is 4.47. The first-order valence-electron chi connectivity index (χ1n) is 9.53. The molecule has 3 heterocycles. The van der Waals surface area contributed by atoms with Crippen LogP contribution in [0.5, 0.6) is 0 Å². The molecule has 26 heavy (non-hydrogen) atoms. The summed E-state index contributed by atoms with van der Waals surface area (Å²) in [6.07, 6.45) is 5.01. The minimum Gasteiger partial charge on any atom is -0.340 e. The minimum absolute atomic E-state index is 0.00548. The molecule has 5 rings (SSSR count). The van der Waals surface area contributed by atoms with E-state index in [0.717, 1.165) is 44.7 Å². The smallest absolute Gasteiger partial charge is 0.227 e. The Balaban J connectivity index is 1.45. The molecule has 0 spiro atoms. The Morgan fingerprint density at radius 2 is 1.69 bits per heavy atom. The quantitative estimate of drug-likeness (QED) is 0.830. The van der Waals surface area contributed by atoms with Crippen LogP contribution in [0.1, 0.15) is 37.7 Å². The molecule has 1 saturated carbocycles. The number of benzene rings is 1. The van der Waals surface area contributed by atoms with Gasteiger partial charge in [-0.15, -0.1) is 0 Å². The lowest BCUT2D eigenvalue weighted by molar-refractivity contribution is -0.139. The highest BCUT2D eigenvalue weighted by molar-refractivity contribution is 5.81. The topological polar surface area (TPSA) is 40.6 Å². The summed E-state index contributed by atoms with van der Waals surface area (Å²) in [4.78, 5) is 29.2. The maximum absolute atomic E-state index is 13.4. The zero-order valence-corrected chi connectivity index (χ0v) is 14.8. The van der Waals surface area contributed by atoms with Crippen LogP contribution in [0.15, 0.2) is 18.2 Å². The van der Waals surface area contributed by atoms with Crippen molar-refractivity contribution >= 4 is 11.8 Å². The van der Waals surface area contributed by atoms with Gasteiger partial charge in [-0.1, -0.05) is 6.42 Å². The Labute approximate surface area is 152 Å². The minimum atomic E-state index is -0.664. The first-order chi connectivity index (χ1) is 12.5. The highest BCUT2D eigenvalue weighted by Gasteiger charge is 2.40. The lowest BCUT2D eigenvalue weighted by Gasteiger charge is -2.36. The van der Waals surface area contributed by atoms with Crippen LogP contribution in [0.4, 0.5) is 8.78 Å². The maximum atomic E-state index is 13.4. The molecule has 1 aromatic rings. The normalized spacial score (nSPS) is 25.8. The van der Waals surface area contributed by atoms with Crippen molar-refractivity contribution in [2.24, 2.45) is 11.8 Å². The molecule has 0 unspecified atom stereocenters. The van der Waals surface area contributed by atoms with Gasteiger partial charge in [-0.05, 0) is 49.3 Å². The Hall–Kier alpha value is -1.98. The predicted molar refractivity (Wildman–Crippen MR) is 92.2 cm³/mol. The van der Waals surface area contributed by atoms with Crippen LogP contribution in [0, 0.1) is 23.5 Å². The Bertz CT molecular complexity index is 700. The first kappa shape index (κ1) is 17.4. The van der Waals surface area contributed by atoms with E-state index in [1.54, 1.807) is 0 Å². The monoisotopic (exact) mass is 362 g/mol. The van der Waals surface area contributed by atoms with E-state index in [1.807, 2.05) is 9.80 Å². The van der Waals surface area contributed by atoms with Crippen molar-refractivity contribution in [1.82, 2.24) is 9.80 Å². The molecular weight excluding hydrogens is 338 g/mol. The van der Waals surface area contributed by atoms with Gasteiger partial charge in [0.2, 0.25) is 11.8 Å². The molecule has 4 fully saturated rings. The second-order valence-corrected chi connectivity index (χ2v) is 7.97. The Kier molecular flexibility index (Phi) is 4.67. The van der Waals surface area contributed by atoms with Gasteiger partial charge in [0.05, 0.1) is 6.42 Å². The highest BCUT2D eigenvalue weighted by atomic mass is 19.1. The van der Waals surface area contributed by atoms with Gasteiger partial charge in [0.15, 0.2) is 0 Å². The first-order valence-corrected chi connectivity index (χ1v) is 9.53. The molecule has 0 aromatic heterocycles. The number of piperidine rings is 1. The van der Waals surface area contributed by atoms with Crippen molar-refractivity contribution in [2.45, 2.75) is 44.6 Å². The van der Waals surface area contributed by atoms with E-state index in [2.05, 4.69) is 0 Å². The molecular formula is C20H24F2N2O2. The molecule has 140 valence electrons. The molecule has 4 nitrogen and oxygen atoms in total. The van der Waals surface area contributed by atoms with Gasteiger partial charge in [-0.2, -0.15) is 0 Å². The van der Waals surface area contributed by atoms with Gasteiger partial charge in [0.1, 0.15) is 11.6 Å². The van der Waals surface area contributed by atoms with Crippen molar-refractivity contribution < 1.29 is 18.4 Å². The van der Waals surface area contributed by atoms with Crippen LogP contribution in [-0.4, -0.2) is 47.3 Å². The van der Waals surface area contributed by atoms with Crippen LogP contribution in [0.25, 0.3) is 0 Å². The van der Waals surface area contributed by atoms with Crippen LogP contribution >= 0.6 is 0 Å². The molecule has 3 saturated heterocycles. The Morgan fingerprint density at radius 1 is 0.962 bits per heavy atom. The van der Waals surface area contributed by atoms with Crippen molar-refractivity contribution in [3.8, 4) is 0 Å². The Morgan fingerprint density at radius 3 is 2.35 bits per heavy atom. The second-order valence-electron chi connectivity index (χ2n) is 7.97. The van der Waals surface area contributed by atoms with Crippen LogP contribution < -0.4 is 0 Å². The number of amides is 2. The second kappa shape index (κ2) is 6.97. The van der Waals surface area contributed by atoms with E-state index >= 15 is 0 Å². The molecule has 2 amide bonds. The molecule has 2 bridgehead atoms. The van der Waals surface area contributed by atoms with E-state index in [1.165, 1.54) is 12.1 Å². The fourth-order valence-corrected chi connectivity index (χ4v) is 4.47. The molecule has 2 atom stereocenters. The molecule has 6 heteroatoms. The summed E-state index contributed by atoms with van der Waals surface area (Å²) in [5.41, 5.74) is 0.357. The number of nitrogens with zero attached hydrogens (tertiary/aromatic N) is 2. The van der Waals surface area contributed by atoms with E-state index in [9.17, 15) is 18.4 Å². The average Bonchev–Trinajstić information content (AvgIpc) is 2.84. The number of hydrogen-bond donors (Lipinski definition) is 0. The summed E-state index contributed by atoms with van der Waals surface area (Å²) in [5, 5.41) is 0. The van der Waals surface area contributed by atoms with Gasteiger partial charge in [0.25, 0.3) is 0 Å². The van der Waals surface area contributed by atoms with Crippen LogP contribution in [0.2, 0.25) is 0 Å². The van der Waals surface area contributed by atoms with Crippen LogP contribution in [-0.2, 0) is 16.0 Å². The average molecular weight is 362 g/mol. The number of halogens is 2. The summed E-state index contributed by atoms with van der Waals surface area (Å²) < 4.78 is 26.8. The zero-order valence-electron chi connectivity index (χ0n) is 14.8. The lowest BCUT2D eigenvalue weighted by Crippen LogP contribution is -2.48. The standard InChI is InChI=1S/C20H24F2N2O2/c21-16-6-14(7-17(22)9-16)8-19(25)24-11-13-4-5-18(24)12-23(10-13)20(26)15-2-1-3-15/h6-7,9,13,15,18H,1-5,8,10-12H2/t13-,18+/m1/s1. The van der Waals surface area contributed by atoms with Crippen LogP contribution in [0.3, 0.4) is 0 Å². The molecule has 4 aliphatic rings. The SMILES string of the molecule is O=C(C1CCC1)N1C[C@H]2CC[C@@H](C1)N(C(=O)Cc1cc(F)cc(F)c1)C2. The van der Waals surface area contributed by atoms with E-state index in [-0.39, 0.29) is 30.2 Å². The third kappa shape index (κ3) is 3.46. The van der Waals surface area contributed by atoms with Crippen molar-refractivity contribution in [3.63, 3.8) is 0 Å². The molecule has 0 radical (unpaired) electrons.